The number of rotatable bonds is 2. The fourth-order valence-electron chi connectivity index (χ4n) is 2.94. The topological polar surface area (TPSA) is 45.1 Å². The van der Waals surface area contributed by atoms with E-state index < -0.39 is 18.5 Å². The van der Waals surface area contributed by atoms with Gasteiger partial charge in [-0.2, -0.15) is 13.2 Å². The molecule has 2 unspecified atom stereocenters. The average molecular weight is 332 g/mol. The molecule has 1 heterocycles. The van der Waals surface area contributed by atoms with Gasteiger partial charge in [0.2, 0.25) is 0 Å². The average Bonchev–Trinajstić information content (AvgIpc) is 2.86. The van der Waals surface area contributed by atoms with Crippen LogP contribution in [0.2, 0.25) is 0 Å². The second-order valence-corrected chi connectivity index (χ2v) is 6.49. The van der Waals surface area contributed by atoms with Gasteiger partial charge >= 0.3 is 6.18 Å². The Morgan fingerprint density at radius 1 is 1.50 bits per heavy atom. The fraction of sp³-hybridized carbons (Fsp3) is 0.500. The number of alkyl halides is 3. The summed E-state index contributed by atoms with van der Waals surface area (Å²) in [6, 6.07) is 4.68. The summed E-state index contributed by atoms with van der Waals surface area (Å²) in [4.78, 5) is 5.85. The lowest BCUT2D eigenvalue weighted by atomic mass is 10.0. The van der Waals surface area contributed by atoms with Crippen LogP contribution in [0.15, 0.2) is 23.2 Å². The minimum absolute atomic E-state index is 0.121. The molecule has 8 heteroatoms. The molecule has 0 bridgehead atoms. The quantitative estimate of drug-likeness (QED) is 0.903. The molecule has 0 spiro atoms. The molecule has 1 fully saturated rings. The molecule has 22 heavy (non-hydrogen) atoms. The number of halogens is 3. The molecule has 0 amide bonds. The van der Waals surface area contributed by atoms with E-state index in [-0.39, 0.29) is 11.0 Å². The SMILES string of the molecule is C/N=C1\SC2Cc3cc(OCC(F)(F)F)ccc3C2(O)N1C. The van der Waals surface area contributed by atoms with Crippen LogP contribution in [-0.2, 0) is 12.1 Å². The van der Waals surface area contributed by atoms with E-state index in [0.717, 1.165) is 10.7 Å². The lowest BCUT2D eigenvalue weighted by Crippen LogP contribution is -2.44. The van der Waals surface area contributed by atoms with E-state index in [1.54, 1.807) is 31.1 Å². The van der Waals surface area contributed by atoms with Crippen molar-refractivity contribution in [1.82, 2.24) is 4.90 Å². The highest BCUT2D eigenvalue weighted by Gasteiger charge is 2.55. The second kappa shape index (κ2) is 5.06. The summed E-state index contributed by atoms with van der Waals surface area (Å²) in [6.07, 6.45) is -3.81. The van der Waals surface area contributed by atoms with E-state index in [4.69, 9.17) is 4.74 Å². The first-order valence-electron chi connectivity index (χ1n) is 6.68. The molecule has 1 saturated heterocycles. The highest BCUT2D eigenvalue weighted by molar-refractivity contribution is 8.14. The van der Waals surface area contributed by atoms with Gasteiger partial charge in [0.15, 0.2) is 17.5 Å². The Bertz CT molecular complexity index is 635. The Labute approximate surface area is 130 Å². The highest BCUT2D eigenvalue weighted by Crippen LogP contribution is 2.51. The van der Waals surface area contributed by atoms with Crippen molar-refractivity contribution in [3.05, 3.63) is 29.3 Å². The third-order valence-electron chi connectivity index (χ3n) is 3.97. The maximum Gasteiger partial charge on any atom is 0.422 e. The maximum atomic E-state index is 12.2. The summed E-state index contributed by atoms with van der Waals surface area (Å²) in [5.74, 6) is 0.164. The zero-order valence-electron chi connectivity index (χ0n) is 12.0. The van der Waals surface area contributed by atoms with Crippen LogP contribution in [0.3, 0.4) is 0 Å². The van der Waals surface area contributed by atoms with E-state index in [2.05, 4.69) is 4.99 Å². The summed E-state index contributed by atoms with van der Waals surface area (Å²) < 4.78 is 41.4. The molecule has 0 saturated carbocycles. The van der Waals surface area contributed by atoms with Gasteiger partial charge < -0.3 is 14.7 Å². The predicted molar refractivity (Wildman–Crippen MR) is 78.1 cm³/mol. The largest absolute Gasteiger partial charge is 0.484 e. The van der Waals surface area contributed by atoms with Crippen LogP contribution >= 0.6 is 11.8 Å². The number of ether oxygens (including phenoxy) is 1. The molecule has 0 radical (unpaired) electrons. The lowest BCUT2D eigenvalue weighted by Gasteiger charge is -2.31. The number of aliphatic hydroxyl groups is 1. The van der Waals surface area contributed by atoms with Crippen molar-refractivity contribution in [1.29, 1.82) is 0 Å². The van der Waals surface area contributed by atoms with Crippen LogP contribution in [-0.4, -0.2) is 47.3 Å². The van der Waals surface area contributed by atoms with E-state index in [0.29, 0.717) is 12.0 Å². The molecular weight excluding hydrogens is 317 g/mol. The number of amidine groups is 1. The Hall–Kier alpha value is -1.41. The number of hydrogen-bond acceptors (Lipinski definition) is 4. The summed E-state index contributed by atoms with van der Waals surface area (Å²) in [5, 5.41) is 11.6. The first kappa shape index (κ1) is 15.5. The summed E-state index contributed by atoms with van der Waals surface area (Å²) in [6.45, 7) is -1.32. The first-order valence-corrected chi connectivity index (χ1v) is 7.56. The Morgan fingerprint density at radius 3 is 2.86 bits per heavy atom. The molecular formula is C14H15F3N2O2S. The normalized spacial score (nSPS) is 28.9. The number of hydrogen-bond donors (Lipinski definition) is 1. The first-order chi connectivity index (χ1) is 10.3. The predicted octanol–water partition coefficient (Wildman–Crippen LogP) is 2.36. The molecule has 120 valence electrons. The van der Waals surface area contributed by atoms with Crippen molar-refractivity contribution >= 4 is 16.9 Å². The van der Waals surface area contributed by atoms with Crippen LogP contribution in [0.4, 0.5) is 13.2 Å². The number of fused-ring (bicyclic) bond motifs is 3. The van der Waals surface area contributed by atoms with Gasteiger partial charge in [0.1, 0.15) is 5.75 Å². The van der Waals surface area contributed by atoms with E-state index in [9.17, 15) is 18.3 Å². The molecule has 0 aromatic heterocycles. The van der Waals surface area contributed by atoms with Crippen molar-refractivity contribution in [2.24, 2.45) is 4.99 Å². The van der Waals surface area contributed by atoms with Crippen molar-refractivity contribution in [3.63, 3.8) is 0 Å². The molecule has 1 aliphatic carbocycles. The molecule has 3 rings (SSSR count). The van der Waals surface area contributed by atoms with Gasteiger partial charge in [-0.05, 0) is 24.1 Å². The molecule has 4 nitrogen and oxygen atoms in total. The monoisotopic (exact) mass is 332 g/mol. The number of aliphatic imine (C=N–C) groups is 1. The van der Waals surface area contributed by atoms with Gasteiger partial charge in [-0.25, -0.2) is 0 Å². The third kappa shape index (κ3) is 2.34. The van der Waals surface area contributed by atoms with Crippen LogP contribution in [0, 0.1) is 0 Å². The summed E-state index contributed by atoms with van der Waals surface area (Å²) in [5.41, 5.74) is 0.337. The number of thioether (sulfide) groups is 1. The molecule has 2 aliphatic rings. The van der Waals surface area contributed by atoms with Crippen molar-refractivity contribution in [2.75, 3.05) is 20.7 Å². The highest BCUT2D eigenvalue weighted by atomic mass is 32.2. The van der Waals surface area contributed by atoms with E-state index in [1.807, 2.05) is 0 Å². The van der Waals surface area contributed by atoms with Gasteiger partial charge in [0.05, 0.1) is 5.25 Å². The lowest BCUT2D eigenvalue weighted by molar-refractivity contribution is -0.153. The van der Waals surface area contributed by atoms with Gasteiger partial charge in [-0.3, -0.25) is 4.99 Å². The Kier molecular flexibility index (Phi) is 3.56. The number of benzene rings is 1. The standard InChI is InChI=1S/C14H15F3N2O2S/c1-18-12-19(2)14(20)10-4-3-9(21-7-13(15,16)17)5-8(10)6-11(14)22-12/h3-5,11,20H,6-7H2,1-2H3/b18-12-. The minimum atomic E-state index is -4.36. The Morgan fingerprint density at radius 2 is 2.23 bits per heavy atom. The van der Waals surface area contributed by atoms with Crippen LogP contribution in [0.5, 0.6) is 5.75 Å². The second-order valence-electron chi connectivity index (χ2n) is 5.32. The van der Waals surface area contributed by atoms with Crippen molar-refractivity contribution in [2.45, 2.75) is 23.6 Å². The maximum absolute atomic E-state index is 12.2. The molecule has 1 aromatic rings. The van der Waals surface area contributed by atoms with Gasteiger partial charge in [0, 0.05) is 19.7 Å². The van der Waals surface area contributed by atoms with Crippen molar-refractivity contribution in [3.8, 4) is 5.75 Å². The van der Waals surface area contributed by atoms with Crippen molar-refractivity contribution < 1.29 is 23.0 Å². The van der Waals surface area contributed by atoms with Crippen LogP contribution in [0.25, 0.3) is 0 Å². The molecule has 2 atom stereocenters. The number of nitrogens with zero attached hydrogens (tertiary/aromatic N) is 2. The summed E-state index contributed by atoms with van der Waals surface area (Å²) >= 11 is 1.47. The van der Waals surface area contributed by atoms with Gasteiger partial charge in [-0.1, -0.05) is 17.8 Å². The molecule has 1 aliphatic heterocycles. The fourth-order valence-corrected chi connectivity index (χ4v) is 4.31. The van der Waals surface area contributed by atoms with Crippen LogP contribution in [0.1, 0.15) is 11.1 Å². The van der Waals surface area contributed by atoms with E-state index >= 15 is 0 Å². The Balaban J connectivity index is 1.87. The van der Waals surface area contributed by atoms with E-state index in [1.165, 1.54) is 17.8 Å². The van der Waals surface area contributed by atoms with Gasteiger partial charge in [-0.15, -0.1) is 0 Å². The zero-order chi connectivity index (χ0) is 16.1. The smallest absolute Gasteiger partial charge is 0.422 e. The third-order valence-corrected chi connectivity index (χ3v) is 5.41. The minimum Gasteiger partial charge on any atom is -0.484 e. The zero-order valence-corrected chi connectivity index (χ0v) is 12.8. The molecule has 1 aromatic carbocycles. The summed E-state index contributed by atoms with van der Waals surface area (Å²) in [7, 11) is 3.43. The molecule has 1 N–H and O–H groups in total. The van der Waals surface area contributed by atoms with Gasteiger partial charge in [0.25, 0.3) is 0 Å². The van der Waals surface area contributed by atoms with Crippen LogP contribution < -0.4 is 4.74 Å².